The van der Waals surface area contributed by atoms with E-state index < -0.39 is 0 Å². The van der Waals surface area contributed by atoms with E-state index >= 15 is 0 Å². The van der Waals surface area contributed by atoms with Gasteiger partial charge in [0.25, 0.3) is 0 Å². The minimum atomic E-state index is -0.318. The summed E-state index contributed by atoms with van der Waals surface area (Å²) < 4.78 is 0. The van der Waals surface area contributed by atoms with Crippen LogP contribution in [0.4, 0.5) is 0 Å². The number of nitriles is 1. The number of hydrogen-bond donors (Lipinski definition) is 1. The molecule has 0 heterocycles. The summed E-state index contributed by atoms with van der Waals surface area (Å²) in [5.74, 6) is 0. The van der Waals surface area contributed by atoms with Gasteiger partial charge in [-0.15, -0.1) is 0 Å². The van der Waals surface area contributed by atoms with Crippen LogP contribution in [-0.2, 0) is 6.54 Å². The molecule has 0 spiro atoms. The number of nitrogens with one attached hydrogen (secondary N) is 1. The van der Waals surface area contributed by atoms with Crippen molar-refractivity contribution in [3.63, 3.8) is 0 Å². The molecule has 0 aliphatic rings. The van der Waals surface area contributed by atoms with Gasteiger partial charge in [0.15, 0.2) is 0 Å². The van der Waals surface area contributed by atoms with Crippen LogP contribution in [0.1, 0.15) is 25.0 Å². The summed E-state index contributed by atoms with van der Waals surface area (Å²) in [7, 11) is 0. The van der Waals surface area contributed by atoms with E-state index in [1.54, 1.807) is 0 Å². The van der Waals surface area contributed by atoms with Gasteiger partial charge in [-0.25, -0.2) is 0 Å². The van der Waals surface area contributed by atoms with E-state index in [1.807, 2.05) is 32.9 Å². The molecule has 1 N–H and O–H groups in total. The molecule has 0 unspecified atom stereocenters. The van der Waals surface area contributed by atoms with E-state index in [1.165, 1.54) is 5.56 Å². The van der Waals surface area contributed by atoms with Crippen LogP contribution in [0.3, 0.4) is 0 Å². The molecule has 0 aliphatic carbocycles. The van der Waals surface area contributed by atoms with E-state index in [2.05, 4.69) is 17.5 Å². The van der Waals surface area contributed by atoms with Gasteiger partial charge in [-0.2, -0.15) is 5.26 Å². The maximum Gasteiger partial charge on any atom is 0.0697 e. The Labute approximate surface area is 102 Å². The van der Waals surface area contributed by atoms with Crippen molar-refractivity contribution in [3.05, 3.63) is 34.3 Å². The normalized spacial score (nSPS) is 11.2. The zero-order valence-electron chi connectivity index (χ0n) is 9.97. The fourth-order valence-corrected chi connectivity index (χ4v) is 1.49. The SMILES string of the molecule is Cc1cc(CNCC(C)(C)C#N)ccc1Cl. The van der Waals surface area contributed by atoms with Crippen molar-refractivity contribution in [2.45, 2.75) is 27.3 Å². The summed E-state index contributed by atoms with van der Waals surface area (Å²) in [6.07, 6.45) is 0. The van der Waals surface area contributed by atoms with E-state index in [0.717, 1.165) is 17.1 Å². The summed E-state index contributed by atoms with van der Waals surface area (Å²) >= 11 is 5.95. The molecule has 2 nitrogen and oxygen atoms in total. The van der Waals surface area contributed by atoms with Gasteiger partial charge in [0.05, 0.1) is 11.5 Å². The average Bonchev–Trinajstić information content (AvgIpc) is 2.23. The van der Waals surface area contributed by atoms with Crippen LogP contribution >= 0.6 is 11.6 Å². The largest absolute Gasteiger partial charge is 0.311 e. The summed E-state index contributed by atoms with van der Waals surface area (Å²) in [6.45, 7) is 7.29. The third-order valence-electron chi connectivity index (χ3n) is 2.42. The molecule has 16 heavy (non-hydrogen) atoms. The van der Waals surface area contributed by atoms with Gasteiger partial charge in [0, 0.05) is 18.1 Å². The highest BCUT2D eigenvalue weighted by Gasteiger charge is 2.15. The Morgan fingerprint density at radius 2 is 2.12 bits per heavy atom. The first kappa shape index (κ1) is 13.0. The van der Waals surface area contributed by atoms with Crippen LogP contribution in [0, 0.1) is 23.7 Å². The molecule has 86 valence electrons. The topological polar surface area (TPSA) is 35.8 Å². The molecule has 0 bridgehead atoms. The highest BCUT2D eigenvalue weighted by molar-refractivity contribution is 6.31. The van der Waals surface area contributed by atoms with Gasteiger partial charge in [-0.1, -0.05) is 23.7 Å². The maximum absolute atomic E-state index is 8.86. The second kappa shape index (κ2) is 5.34. The monoisotopic (exact) mass is 236 g/mol. The zero-order valence-corrected chi connectivity index (χ0v) is 10.7. The lowest BCUT2D eigenvalue weighted by Crippen LogP contribution is -2.27. The van der Waals surface area contributed by atoms with Crippen molar-refractivity contribution in [3.8, 4) is 6.07 Å². The molecule has 0 radical (unpaired) electrons. The fraction of sp³-hybridized carbons (Fsp3) is 0.462. The zero-order chi connectivity index (χ0) is 12.2. The highest BCUT2D eigenvalue weighted by atomic mass is 35.5. The van der Waals surface area contributed by atoms with Crippen LogP contribution in [0.15, 0.2) is 18.2 Å². The van der Waals surface area contributed by atoms with E-state index in [9.17, 15) is 0 Å². The van der Waals surface area contributed by atoms with Gasteiger partial charge >= 0.3 is 0 Å². The van der Waals surface area contributed by atoms with Crippen LogP contribution in [0.5, 0.6) is 0 Å². The first-order chi connectivity index (χ1) is 7.44. The Morgan fingerprint density at radius 3 is 2.69 bits per heavy atom. The second-order valence-electron chi connectivity index (χ2n) is 4.68. The lowest BCUT2D eigenvalue weighted by atomic mass is 9.96. The van der Waals surface area contributed by atoms with Crippen molar-refractivity contribution in [1.29, 1.82) is 5.26 Å². The van der Waals surface area contributed by atoms with Crippen LogP contribution in [-0.4, -0.2) is 6.54 Å². The van der Waals surface area contributed by atoms with Crippen LogP contribution in [0.2, 0.25) is 5.02 Å². The summed E-state index contributed by atoms with van der Waals surface area (Å²) in [6, 6.07) is 8.24. The molecule has 0 amide bonds. The second-order valence-corrected chi connectivity index (χ2v) is 5.09. The van der Waals surface area contributed by atoms with Crippen molar-refractivity contribution in [1.82, 2.24) is 5.32 Å². The Balaban J connectivity index is 2.50. The Morgan fingerprint density at radius 1 is 1.44 bits per heavy atom. The standard InChI is InChI=1S/C13H17ClN2/c1-10-6-11(4-5-12(10)14)7-16-9-13(2,3)8-15/h4-6,16H,7,9H2,1-3H3. The van der Waals surface area contributed by atoms with Crippen molar-refractivity contribution >= 4 is 11.6 Å². The Kier molecular flexibility index (Phi) is 4.35. The number of aryl methyl sites for hydroxylation is 1. The number of rotatable bonds is 4. The van der Waals surface area contributed by atoms with Gasteiger partial charge in [-0.3, -0.25) is 0 Å². The first-order valence-electron chi connectivity index (χ1n) is 5.31. The van der Waals surface area contributed by atoms with E-state index in [-0.39, 0.29) is 5.41 Å². The summed E-state index contributed by atoms with van der Waals surface area (Å²) in [5.41, 5.74) is 1.96. The Bertz CT molecular complexity index is 405. The van der Waals surface area contributed by atoms with Crippen LogP contribution < -0.4 is 5.32 Å². The maximum atomic E-state index is 8.86. The molecular weight excluding hydrogens is 220 g/mol. The van der Waals surface area contributed by atoms with E-state index in [0.29, 0.717) is 6.54 Å². The quantitative estimate of drug-likeness (QED) is 0.871. The van der Waals surface area contributed by atoms with Gasteiger partial charge in [-0.05, 0) is 38.0 Å². The predicted octanol–water partition coefficient (Wildman–Crippen LogP) is 3.29. The number of hydrogen-bond acceptors (Lipinski definition) is 2. The fourth-order valence-electron chi connectivity index (χ4n) is 1.38. The molecule has 1 aromatic rings. The first-order valence-corrected chi connectivity index (χ1v) is 5.69. The van der Waals surface area contributed by atoms with Gasteiger partial charge < -0.3 is 5.32 Å². The molecule has 0 atom stereocenters. The molecule has 1 rings (SSSR count). The molecule has 0 aliphatic heterocycles. The van der Waals surface area contributed by atoms with Gasteiger partial charge in [0.1, 0.15) is 0 Å². The van der Waals surface area contributed by atoms with Crippen molar-refractivity contribution < 1.29 is 0 Å². The molecule has 0 saturated carbocycles. The summed E-state index contributed by atoms with van der Waals surface area (Å²) in [5, 5.41) is 12.9. The highest BCUT2D eigenvalue weighted by Crippen LogP contribution is 2.16. The lowest BCUT2D eigenvalue weighted by molar-refractivity contribution is 0.445. The Hall–Kier alpha value is -1.04. The lowest BCUT2D eigenvalue weighted by Gasteiger charge is -2.16. The number of nitrogens with zero attached hydrogens (tertiary/aromatic N) is 1. The predicted molar refractivity (Wildman–Crippen MR) is 67.3 cm³/mol. The molecule has 3 heteroatoms. The van der Waals surface area contributed by atoms with E-state index in [4.69, 9.17) is 16.9 Å². The van der Waals surface area contributed by atoms with Gasteiger partial charge in [0.2, 0.25) is 0 Å². The molecule has 0 aromatic heterocycles. The molecule has 1 aromatic carbocycles. The summed E-state index contributed by atoms with van der Waals surface area (Å²) in [4.78, 5) is 0. The van der Waals surface area contributed by atoms with Crippen LogP contribution in [0.25, 0.3) is 0 Å². The minimum absolute atomic E-state index is 0.318. The third-order valence-corrected chi connectivity index (χ3v) is 2.85. The number of halogens is 1. The smallest absolute Gasteiger partial charge is 0.0697 e. The average molecular weight is 237 g/mol. The van der Waals surface area contributed by atoms with Crippen molar-refractivity contribution in [2.75, 3.05) is 6.54 Å². The molecule has 0 saturated heterocycles. The molecular formula is C13H17ClN2. The number of benzene rings is 1. The molecule has 0 fully saturated rings. The van der Waals surface area contributed by atoms with Crippen molar-refractivity contribution in [2.24, 2.45) is 5.41 Å². The minimum Gasteiger partial charge on any atom is -0.311 e. The third kappa shape index (κ3) is 3.84.